The highest BCUT2D eigenvalue weighted by Crippen LogP contribution is 2.30. The second-order valence-corrected chi connectivity index (χ2v) is 7.55. The molecule has 6 heteroatoms. The van der Waals surface area contributed by atoms with Crippen LogP contribution in [0, 0.1) is 11.3 Å². The van der Waals surface area contributed by atoms with Crippen LogP contribution in [0.2, 0.25) is 0 Å². The Morgan fingerprint density at radius 3 is 2.75 bits per heavy atom. The quantitative estimate of drug-likeness (QED) is 0.859. The SMILES string of the molecule is CS(=O)(=O)C1CCCC(Oc2ccc(C#N)cc2N)C1. The van der Waals surface area contributed by atoms with Crippen molar-refractivity contribution in [2.24, 2.45) is 0 Å². The number of anilines is 1. The Hall–Kier alpha value is -1.74. The smallest absolute Gasteiger partial charge is 0.150 e. The molecule has 2 atom stereocenters. The Morgan fingerprint density at radius 1 is 1.40 bits per heavy atom. The number of nitrogens with zero attached hydrogens (tertiary/aromatic N) is 1. The largest absolute Gasteiger partial charge is 0.488 e. The van der Waals surface area contributed by atoms with Crippen molar-refractivity contribution < 1.29 is 13.2 Å². The molecular formula is C14H18N2O3S. The predicted octanol–water partition coefficient (Wildman–Crippen LogP) is 1.88. The number of ether oxygens (including phenoxy) is 1. The number of hydrogen-bond acceptors (Lipinski definition) is 5. The van der Waals surface area contributed by atoms with E-state index in [2.05, 4.69) is 0 Å². The summed E-state index contributed by atoms with van der Waals surface area (Å²) in [6.45, 7) is 0. The average molecular weight is 294 g/mol. The van der Waals surface area contributed by atoms with Crippen molar-refractivity contribution in [3.05, 3.63) is 23.8 Å². The van der Waals surface area contributed by atoms with E-state index in [1.165, 1.54) is 6.26 Å². The average Bonchev–Trinajstić information content (AvgIpc) is 2.40. The van der Waals surface area contributed by atoms with E-state index in [9.17, 15) is 8.42 Å². The third-order valence-corrected chi connectivity index (χ3v) is 5.26. The molecule has 0 amide bonds. The number of benzene rings is 1. The zero-order valence-corrected chi connectivity index (χ0v) is 12.2. The van der Waals surface area contributed by atoms with Crippen LogP contribution in [0.3, 0.4) is 0 Å². The minimum atomic E-state index is -3.03. The first-order valence-corrected chi connectivity index (χ1v) is 8.50. The molecule has 1 fully saturated rings. The Bertz CT molecular complexity index is 634. The Morgan fingerprint density at radius 2 is 2.15 bits per heavy atom. The molecule has 2 rings (SSSR count). The molecule has 2 unspecified atom stereocenters. The van der Waals surface area contributed by atoms with E-state index in [-0.39, 0.29) is 11.4 Å². The number of nitriles is 1. The molecule has 0 saturated heterocycles. The highest BCUT2D eigenvalue weighted by Gasteiger charge is 2.30. The molecule has 1 aromatic carbocycles. The third-order valence-electron chi connectivity index (χ3n) is 3.62. The maximum atomic E-state index is 11.6. The Kier molecular flexibility index (Phi) is 4.19. The van der Waals surface area contributed by atoms with E-state index in [1.54, 1.807) is 18.2 Å². The van der Waals surface area contributed by atoms with Crippen molar-refractivity contribution in [2.75, 3.05) is 12.0 Å². The minimum Gasteiger partial charge on any atom is -0.488 e. The van der Waals surface area contributed by atoms with Crippen LogP contribution in [0.5, 0.6) is 5.75 Å². The van der Waals surface area contributed by atoms with Gasteiger partial charge in [0, 0.05) is 12.7 Å². The highest BCUT2D eigenvalue weighted by molar-refractivity contribution is 7.91. The molecule has 108 valence electrons. The summed E-state index contributed by atoms with van der Waals surface area (Å²) in [5, 5.41) is 8.45. The summed E-state index contributed by atoms with van der Waals surface area (Å²) >= 11 is 0. The number of hydrogen-bond donors (Lipinski definition) is 1. The maximum Gasteiger partial charge on any atom is 0.150 e. The van der Waals surface area contributed by atoms with E-state index in [0.29, 0.717) is 29.8 Å². The van der Waals surface area contributed by atoms with Gasteiger partial charge < -0.3 is 10.5 Å². The summed E-state index contributed by atoms with van der Waals surface area (Å²) in [6.07, 6.45) is 3.98. The predicted molar refractivity (Wildman–Crippen MR) is 77.1 cm³/mol. The van der Waals surface area contributed by atoms with Crippen LogP contribution >= 0.6 is 0 Å². The van der Waals surface area contributed by atoms with Crippen LogP contribution in [0.15, 0.2) is 18.2 Å². The summed E-state index contributed by atoms with van der Waals surface area (Å²) in [6, 6.07) is 6.88. The molecule has 1 aliphatic rings. The lowest BCUT2D eigenvalue weighted by Crippen LogP contribution is -2.33. The summed E-state index contributed by atoms with van der Waals surface area (Å²) in [4.78, 5) is 0. The van der Waals surface area contributed by atoms with Crippen molar-refractivity contribution >= 4 is 15.5 Å². The van der Waals surface area contributed by atoms with E-state index in [0.717, 1.165) is 12.8 Å². The Balaban J connectivity index is 2.09. The van der Waals surface area contributed by atoms with Crippen LogP contribution in [0.4, 0.5) is 5.69 Å². The van der Waals surface area contributed by atoms with Crippen molar-refractivity contribution in [2.45, 2.75) is 37.0 Å². The lowest BCUT2D eigenvalue weighted by molar-refractivity contribution is 0.157. The van der Waals surface area contributed by atoms with Crippen molar-refractivity contribution in [3.63, 3.8) is 0 Å². The van der Waals surface area contributed by atoms with Crippen molar-refractivity contribution in [3.8, 4) is 11.8 Å². The molecule has 0 aromatic heterocycles. The van der Waals surface area contributed by atoms with E-state index >= 15 is 0 Å². The number of rotatable bonds is 3. The monoisotopic (exact) mass is 294 g/mol. The van der Waals surface area contributed by atoms with Gasteiger partial charge in [0.2, 0.25) is 0 Å². The molecule has 0 spiro atoms. The Labute approximate surface area is 119 Å². The summed E-state index contributed by atoms with van der Waals surface area (Å²) in [5.74, 6) is 0.517. The van der Waals surface area contributed by atoms with Gasteiger partial charge in [0.25, 0.3) is 0 Å². The summed E-state index contributed by atoms with van der Waals surface area (Å²) < 4.78 is 29.0. The fourth-order valence-electron chi connectivity index (χ4n) is 2.50. The van der Waals surface area contributed by atoms with Gasteiger partial charge in [-0.15, -0.1) is 0 Å². The lowest BCUT2D eigenvalue weighted by atomic mass is 9.97. The van der Waals surface area contributed by atoms with Gasteiger partial charge in [0.05, 0.1) is 22.6 Å². The van der Waals surface area contributed by atoms with Gasteiger partial charge in [0.15, 0.2) is 0 Å². The zero-order valence-electron chi connectivity index (χ0n) is 11.4. The first-order chi connectivity index (χ1) is 9.40. The van der Waals surface area contributed by atoms with E-state index in [4.69, 9.17) is 15.7 Å². The van der Waals surface area contributed by atoms with Crippen molar-refractivity contribution in [1.82, 2.24) is 0 Å². The molecule has 1 aliphatic carbocycles. The molecule has 20 heavy (non-hydrogen) atoms. The lowest BCUT2D eigenvalue weighted by Gasteiger charge is -2.28. The fraction of sp³-hybridized carbons (Fsp3) is 0.500. The van der Waals surface area contributed by atoms with E-state index < -0.39 is 9.84 Å². The number of nitrogen functional groups attached to an aromatic ring is 1. The molecule has 0 radical (unpaired) electrons. The van der Waals surface area contributed by atoms with Crippen molar-refractivity contribution in [1.29, 1.82) is 5.26 Å². The zero-order chi connectivity index (χ0) is 14.8. The maximum absolute atomic E-state index is 11.6. The molecule has 1 aromatic rings. The van der Waals surface area contributed by atoms with Gasteiger partial charge in [-0.3, -0.25) is 0 Å². The fourth-order valence-corrected chi connectivity index (χ4v) is 3.66. The van der Waals surface area contributed by atoms with Crippen LogP contribution in [0.1, 0.15) is 31.2 Å². The van der Waals surface area contributed by atoms with Gasteiger partial charge in [-0.1, -0.05) is 0 Å². The second-order valence-electron chi connectivity index (χ2n) is 5.22. The first kappa shape index (κ1) is 14.7. The van der Waals surface area contributed by atoms with Crippen LogP contribution in [0.25, 0.3) is 0 Å². The molecule has 5 nitrogen and oxygen atoms in total. The topological polar surface area (TPSA) is 93.2 Å². The van der Waals surface area contributed by atoms with Crippen LogP contribution in [-0.2, 0) is 9.84 Å². The molecular weight excluding hydrogens is 276 g/mol. The third kappa shape index (κ3) is 3.42. The van der Waals surface area contributed by atoms with Gasteiger partial charge in [-0.05, 0) is 37.5 Å². The standard InChI is InChI=1S/C14H18N2O3S/c1-20(17,18)12-4-2-3-11(8-12)19-14-6-5-10(9-15)7-13(14)16/h5-7,11-12H,2-4,8,16H2,1H3. The molecule has 2 N–H and O–H groups in total. The van der Waals surface area contributed by atoms with Gasteiger partial charge in [-0.2, -0.15) is 5.26 Å². The van der Waals surface area contributed by atoms with Gasteiger partial charge >= 0.3 is 0 Å². The summed E-state index contributed by atoms with van der Waals surface area (Å²) in [5.41, 5.74) is 6.73. The summed E-state index contributed by atoms with van der Waals surface area (Å²) in [7, 11) is -3.03. The van der Waals surface area contributed by atoms with Crippen LogP contribution < -0.4 is 10.5 Å². The normalized spacial score (nSPS) is 23.0. The first-order valence-electron chi connectivity index (χ1n) is 6.55. The van der Waals surface area contributed by atoms with Gasteiger partial charge in [0.1, 0.15) is 21.7 Å². The molecule has 1 saturated carbocycles. The van der Waals surface area contributed by atoms with Crippen LogP contribution in [-0.4, -0.2) is 26.0 Å². The number of nitrogens with two attached hydrogens (primary N) is 1. The molecule has 0 aliphatic heterocycles. The second kappa shape index (κ2) is 5.71. The number of sulfone groups is 1. The molecule has 0 heterocycles. The molecule has 0 bridgehead atoms. The highest BCUT2D eigenvalue weighted by atomic mass is 32.2. The van der Waals surface area contributed by atoms with Gasteiger partial charge in [-0.25, -0.2) is 8.42 Å². The van der Waals surface area contributed by atoms with E-state index in [1.807, 2.05) is 6.07 Å². The minimum absolute atomic E-state index is 0.140.